The van der Waals surface area contributed by atoms with E-state index < -0.39 is 23.8 Å². The summed E-state index contributed by atoms with van der Waals surface area (Å²) in [7, 11) is 0. The summed E-state index contributed by atoms with van der Waals surface area (Å²) in [6.07, 6.45) is 1.31. The fraction of sp³-hybridized carbons (Fsp3) is 0.714. The molecule has 4 nitrogen and oxygen atoms in total. The lowest BCUT2D eigenvalue weighted by Crippen LogP contribution is -2.13. The molecule has 0 bridgehead atoms. The number of carboxylic acids is 2. The smallest absolute Gasteiger partial charge is 0.306 e. The van der Waals surface area contributed by atoms with E-state index in [9.17, 15) is 9.59 Å². The first-order chi connectivity index (χ1) is 5.11. The van der Waals surface area contributed by atoms with Crippen molar-refractivity contribution in [2.45, 2.75) is 19.3 Å². The second-order valence-corrected chi connectivity index (χ2v) is 2.88. The maximum Gasteiger partial charge on any atom is 0.306 e. The van der Waals surface area contributed by atoms with Crippen LogP contribution in [0, 0.1) is 11.8 Å². The van der Waals surface area contributed by atoms with E-state index in [0.717, 1.165) is 0 Å². The Bertz CT molecular complexity index is 167. The maximum atomic E-state index is 10.4. The third-order valence-electron chi connectivity index (χ3n) is 2.13. The molecule has 0 aromatic heterocycles. The minimum Gasteiger partial charge on any atom is -0.481 e. The van der Waals surface area contributed by atoms with E-state index in [0.29, 0.717) is 19.3 Å². The highest BCUT2D eigenvalue weighted by Crippen LogP contribution is 2.30. The summed E-state index contributed by atoms with van der Waals surface area (Å²) in [5.74, 6) is -2.60. The van der Waals surface area contributed by atoms with Crippen LogP contribution in [0.15, 0.2) is 0 Å². The first-order valence-corrected chi connectivity index (χ1v) is 3.57. The molecule has 1 fully saturated rings. The molecule has 0 aromatic carbocycles. The quantitative estimate of drug-likeness (QED) is 0.616. The second-order valence-electron chi connectivity index (χ2n) is 2.88. The Kier molecular flexibility index (Phi) is 2.12. The molecule has 0 radical (unpaired) electrons. The van der Waals surface area contributed by atoms with Gasteiger partial charge in [0.2, 0.25) is 0 Å². The van der Waals surface area contributed by atoms with Crippen molar-refractivity contribution >= 4 is 11.9 Å². The number of rotatable bonds is 2. The molecule has 0 saturated heterocycles. The fourth-order valence-corrected chi connectivity index (χ4v) is 1.43. The van der Waals surface area contributed by atoms with E-state index in [1.165, 1.54) is 0 Å². The lowest BCUT2D eigenvalue weighted by molar-refractivity contribution is -0.143. The molecular formula is C7H10O4. The molecule has 0 aliphatic heterocycles. The highest BCUT2D eigenvalue weighted by molar-refractivity contribution is 5.75. The van der Waals surface area contributed by atoms with Crippen molar-refractivity contribution in [2.75, 3.05) is 0 Å². The van der Waals surface area contributed by atoms with Gasteiger partial charge in [0.1, 0.15) is 0 Å². The SMILES string of the molecule is O=C(O)C1CC[C@H](C(=O)O)C1. The van der Waals surface area contributed by atoms with Gasteiger partial charge >= 0.3 is 11.9 Å². The molecule has 1 rings (SSSR count). The third-order valence-corrected chi connectivity index (χ3v) is 2.13. The van der Waals surface area contributed by atoms with Crippen molar-refractivity contribution in [3.63, 3.8) is 0 Å². The van der Waals surface area contributed by atoms with E-state index in [1.54, 1.807) is 0 Å². The topological polar surface area (TPSA) is 74.6 Å². The van der Waals surface area contributed by atoms with Crippen molar-refractivity contribution in [1.29, 1.82) is 0 Å². The van der Waals surface area contributed by atoms with E-state index in [1.807, 2.05) is 0 Å². The molecule has 11 heavy (non-hydrogen) atoms. The lowest BCUT2D eigenvalue weighted by Gasteiger charge is -2.01. The summed E-state index contributed by atoms with van der Waals surface area (Å²) < 4.78 is 0. The molecule has 0 amide bonds. The largest absolute Gasteiger partial charge is 0.481 e. The Morgan fingerprint density at radius 2 is 1.36 bits per heavy atom. The van der Waals surface area contributed by atoms with Crippen molar-refractivity contribution in [3.05, 3.63) is 0 Å². The number of aliphatic carboxylic acids is 2. The predicted octanol–water partition coefficient (Wildman–Crippen LogP) is 0.572. The van der Waals surface area contributed by atoms with E-state index >= 15 is 0 Å². The van der Waals surface area contributed by atoms with Crippen LogP contribution < -0.4 is 0 Å². The van der Waals surface area contributed by atoms with Gasteiger partial charge in [-0.2, -0.15) is 0 Å². The maximum absolute atomic E-state index is 10.4. The molecule has 1 aliphatic carbocycles. The summed E-state index contributed by atoms with van der Waals surface area (Å²) in [6.45, 7) is 0. The number of hydrogen-bond acceptors (Lipinski definition) is 2. The van der Waals surface area contributed by atoms with Crippen molar-refractivity contribution < 1.29 is 19.8 Å². The molecule has 1 saturated carbocycles. The fourth-order valence-electron chi connectivity index (χ4n) is 1.43. The predicted molar refractivity (Wildman–Crippen MR) is 36.1 cm³/mol. The third kappa shape index (κ3) is 1.69. The van der Waals surface area contributed by atoms with Gasteiger partial charge in [-0.1, -0.05) is 0 Å². The van der Waals surface area contributed by atoms with Gasteiger partial charge < -0.3 is 10.2 Å². The summed E-state index contributed by atoms with van der Waals surface area (Å²) >= 11 is 0. The number of carboxylic acid groups (broad SMARTS) is 2. The number of carbonyl (C=O) groups is 2. The summed E-state index contributed by atoms with van der Waals surface area (Å²) in [4.78, 5) is 20.8. The van der Waals surface area contributed by atoms with Gasteiger partial charge in [0.25, 0.3) is 0 Å². The van der Waals surface area contributed by atoms with Crippen LogP contribution in [0.5, 0.6) is 0 Å². The number of hydrogen-bond donors (Lipinski definition) is 2. The van der Waals surface area contributed by atoms with E-state index in [2.05, 4.69) is 0 Å². The normalized spacial score (nSPS) is 30.2. The molecule has 2 atom stereocenters. The van der Waals surface area contributed by atoms with Gasteiger partial charge in [-0.15, -0.1) is 0 Å². The zero-order valence-corrected chi connectivity index (χ0v) is 5.99. The van der Waals surface area contributed by atoms with Crippen molar-refractivity contribution in [1.82, 2.24) is 0 Å². The van der Waals surface area contributed by atoms with Gasteiger partial charge in [0.05, 0.1) is 11.8 Å². The molecule has 1 unspecified atom stereocenters. The Labute approximate surface area is 63.8 Å². The first-order valence-electron chi connectivity index (χ1n) is 3.57. The van der Waals surface area contributed by atoms with Crippen LogP contribution in [0.1, 0.15) is 19.3 Å². The Balaban J connectivity index is 2.47. The van der Waals surface area contributed by atoms with Crippen molar-refractivity contribution in [3.8, 4) is 0 Å². The van der Waals surface area contributed by atoms with Gasteiger partial charge in [-0.25, -0.2) is 0 Å². The zero-order chi connectivity index (χ0) is 8.43. The summed E-state index contributed by atoms with van der Waals surface area (Å²) in [6, 6.07) is 0. The molecule has 62 valence electrons. The minimum absolute atomic E-state index is 0.296. The molecule has 0 aromatic rings. The average molecular weight is 158 g/mol. The van der Waals surface area contributed by atoms with Crippen LogP contribution in [0.25, 0.3) is 0 Å². The summed E-state index contributed by atoms with van der Waals surface area (Å²) in [5, 5.41) is 17.0. The highest BCUT2D eigenvalue weighted by Gasteiger charge is 2.33. The zero-order valence-electron chi connectivity index (χ0n) is 5.99. The van der Waals surface area contributed by atoms with Gasteiger partial charge in [-0.05, 0) is 19.3 Å². The van der Waals surface area contributed by atoms with Crippen LogP contribution >= 0.6 is 0 Å². The van der Waals surface area contributed by atoms with E-state index in [-0.39, 0.29) is 0 Å². The van der Waals surface area contributed by atoms with Crippen LogP contribution in [0.3, 0.4) is 0 Å². The monoisotopic (exact) mass is 158 g/mol. The molecule has 2 N–H and O–H groups in total. The molecular weight excluding hydrogens is 148 g/mol. The van der Waals surface area contributed by atoms with Gasteiger partial charge in [0.15, 0.2) is 0 Å². The van der Waals surface area contributed by atoms with Crippen LogP contribution in [-0.4, -0.2) is 22.2 Å². The minimum atomic E-state index is -0.867. The van der Waals surface area contributed by atoms with Crippen LogP contribution in [0.4, 0.5) is 0 Å². The van der Waals surface area contributed by atoms with Gasteiger partial charge in [0, 0.05) is 0 Å². The van der Waals surface area contributed by atoms with Crippen LogP contribution in [0.2, 0.25) is 0 Å². The molecule has 1 aliphatic rings. The second kappa shape index (κ2) is 2.90. The van der Waals surface area contributed by atoms with Crippen molar-refractivity contribution in [2.24, 2.45) is 11.8 Å². The highest BCUT2D eigenvalue weighted by atomic mass is 16.4. The Hall–Kier alpha value is -1.06. The average Bonchev–Trinajstić information content (AvgIpc) is 2.33. The molecule has 0 spiro atoms. The first kappa shape index (κ1) is 8.04. The van der Waals surface area contributed by atoms with Gasteiger partial charge in [-0.3, -0.25) is 9.59 Å². The van der Waals surface area contributed by atoms with Crippen LogP contribution in [-0.2, 0) is 9.59 Å². The summed E-state index contributed by atoms with van der Waals surface area (Å²) in [5.41, 5.74) is 0. The van der Waals surface area contributed by atoms with E-state index in [4.69, 9.17) is 10.2 Å². The molecule has 4 heteroatoms. The Morgan fingerprint density at radius 3 is 1.55 bits per heavy atom. The lowest BCUT2D eigenvalue weighted by atomic mass is 10.1. The Morgan fingerprint density at radius 1 is 1.00 bits per heavy atom. The standard InChI is InChI=1S/C7H10O4/c8-6(9)4-1-2-5(3-4)7(10)11/h4-5H,1-3H2,(H,8,9)(H,10,11)/t4-,5?/m0/s1. The molecule has 0 heterocycles.